The molecule has 0 radical (unpaired) electrons. The monoisotopic (exact) mass is 342 g/mol. The van der Waals surface area contributed by atoms with E-state index in [1.807, 2.05) is 0 Å². The molecule has 0 aliphatic rings. The number of carboxylic acids is 1. The van der Waals surface area contributed by atoms with E-state index in [1.165, 1.54) is 11.3 Å². The van der Waals surface area contributed by atoms with Gasteiger partial charge in [-0.3, -0.25) is 4.79 Å². The van der Waals surface area contributed by atoms with Crippen LogP contribution in [-0.2, 0) is 17.4 Å². The number of thiophene rings is 1. The SMILES string of the molecule is O=C(O)CCc1nc2nc(-c3cccs3)cc(C(F)(F)F)n2n1. The van der Waals surface area contributed by atoms with E-state index in [9.17, 15) is 18.0 Å². The lowest BCUT2D eigenvalue weighted by Crippen LogP contribution is -2.13. The maximum atomic E-state index is 13.3. The number of fused-ring (bicyclic) bond motifs is 1. The second-order valence-electron chi connectivity index (χ2n) is 4.64. The Morgan fingerprint density at radius 3 is 2.74 bits per heavy atom. The Labute approximate surface area is 131 Å². The molecular weight excluding hydrogens is 333 g/mol. The second kappa shape index (κ2) is 5.61. The third-order valence-corrected chi connectivity index (χ3v) is 3.87. The van der Waals surface area contributed by atoms with Gasteiger partial charge in [-0.15, -0.1) is 16.4 Å². The van der Waals surface area contributed by atoms with E-state index >= 15 is 0 Å². The largest absolute Gasteiger partial charge is 0.481 e. The molecule has 0 aliphatic carbocycles. The summed E-state index contributed by atoms with van der Waals surface area (Å²) in [6.07, 6.45) is -4.97. The zero-order valence-corrected chi connectivity index (χ0v) is 12.2. The molecule has 0 amide bonds. The van der Waals surface area contributed by atoms with Gasteiger partial charge in [-0.05, 0) is 17.5 Å². The molecule has 6 nitrogen and oxygen atoms in total. The second-order valence-corrected chi connectivity index (χ2v) is 5.58. The molecule has 0 saturated heterocycles. The lowest BCUT2D eigenvalue weighted by Gasteiger charge is -2.09. The van der Waals surface area contributed by atoms with Crippen molar-refractivity contribution in [3.05, 3.63) is 35.1 Å². The van der Waals surface area contributed by atoms with Crippen molar-refractivity contribution in [2.75, 3.05) is 0 Å². The van der Waals surface area contributed by atoms with Crippen LogP contribution >= 0.6 is 11.3 Å². The fourth-order valence-corrected chi connectivity index (χ4v) is 2.67. The van der Waals surface area contributed by atoms with Crippen LogP contribution in [0.2, 0.25) is 0 Å². The van der Waals surface area contributed by atoms with Crippen LogP contribution in [0.4, 0.5) is 13.2 Å². The van der Waals surface area contributed by atoms with Gasteiger partial charge in [0.05, 0.1) is 17.0 Å². The Hall–Kier alpha value is -2.49. The van der Waals surface area contributed by atoms with Gasteiger partial charge in [-0.2, -0.15) is 22.7 Å². The summed E-state index contributed by atoms with van der Waals surface area (Å²) in [4.78, 5) is 19.1. The van der Waals surface area contributed by atoms with Crippen molar-refractivity contribution in [3.8, 4) is 10.6 Å². The molecule has 0 aromatic carbocycles. The third-order valence-electron chi connectivity index (χ3n) is 2.98. The molecule has 0 aliphatic heterocycles. The summed E-state index contributed by atoms with van der Waals surface area (Å²) >= 11 is 1.26. The van der Waals surface area contributed by atoms with Crippen LogP contribution in [0, 0.1) is 0 Å². The fourth-order valence-electron chi connectivity index (χ4n) is 1.99. The number of hydrogen-bond acceptors (Lipinski definition) is 5. The number of aromatic nitrogens is 4. The first kappa shape index (κ1) is 15.4. The van der Waals surface area contributed by atoms with Gasteiger partial charge in [0, 0.05) is 6.42 Å². The molecule has 3 heterocycles. The van der Waals surface area contributed by atoms with E-state index < -0.39 is 17.8 Å². The summed E-state index contributed by atoms with van der Waals surface area (Å²) in [5.74, 6) is -1.27. The Morgan fingerprint density at radius 2 is 2.13 bits per heavy atom. The minimum absolute atomic E-state index is 0.00808. The number of carbonyl (C=O) groups is 1. The van der Waals surface area contributed by atoms with Crippen molar-refractivity contribution in [1.82, 2.24) is 19.6 Å². The van der Waals surface area contributed by atoms with Crippen LogP contribution in [0.15, 0.2) is 23.6 Å². The molecule has 3 aromatic rings. The van der Waals surface area contributed by atoms with Gasteiger partial charge in [0.25, 0.3) is 5.78 Å². The first-order valence-electron chi connectivity index (χ1n) is 6.44. The lowest BCUT2D eigenvalue weighted by molar-refractivity contribution is -0.142. The van der Waals surface area contributed by atoms with Crippen molar-refractivity contribution >= 4 is 23.1 Å². The van der Waals surface area contributed by atoms with E-state index in [-0.39, 0.29) is 30.1 Å². The molecule has 120 valence electrons. The predicted molar refractivity (Wildman–Crippen MR) is 75.1 cm³/mol. The van der Waals surface area contributed by atoms with Crippen LogP contribution in [0.5, 0.6) is 0 Å². The average Bonchev–Trinajstić information content (AvgIpc) is 3.11. The van der Waals surface area contributed by atoms with E-state index in [2.05, 4.69) is 15.1 Å². The minimum atomic E-state index is -4.63. The highest BCUT2D eigenvalue weighted by atomic mass is 32.1. The van der Waals surface area contributed by atoms with Crippen molar-refractivity contribution in [2.24, 2.45) is 0 Å². The number of aryl methyl sites for hydroxylation is 1. The van der Waals surface area contributed by atoms with Crippen LogP contribution < -0.4 is 0 Å². The van der Waals surface area contributed by atoms with Gasteiger partial charge in [0.1, 0.15) is 0 Å². The van der Waals surface area contributed by atoms with E-state index in [1.54, 1.807) is 17.5 Å². The summed E-state index contributed by atoms with van der Waals surface area (Å²) in [5.41, 5.74) is -0.850. The average molecular weight is 342 g/mol. The smallest absolute Gasteiger partial charge is 0.433 e. The van der Waals surface area contributed by atoms with Gasteiger partial charge in [0.2, 0.25) is 0 Å². The summed E-state index contributed by atoms with van der Waals surface area (Å²) in [6, 6.07) is 4.28. The van der Waals surface area contributed by atoms with Crippen molar-refractivity contribution in [3.63, 3.8) is 0 Å². The Bertz CT molecular complexity index is 858. The molecular formula is C13H9F3N4O2S. The number of rotatable bonds is 4. The summed E-state index contributed by atoms with van der Waals surface area (Å²) in [7, 11) is 0. The minimum Gasteiger partial charge on any atom is -0.481 e. The first-order valence-corrected chi connectivity index (χ1v) is 7.32. The summed E-state index contributed by atoms with van der Waals surface area (Å²) < 4.78 is 40.4. The van der Waals surface area contributed by atoms with Crippen molar-refractivity contribution in [2.45, 2.75) is 19.0 Å². The Kier molecular flexibility index (Phi) is 3.76. The highest BCUT2D eigenvalue weighted by Crippen LogP contribution is 2.33. The van der Waals surface area contributed by atoms with Crippen molar-refractivity contribution < 1.29 is 23.1 Å². The first-order chi connectivity index (χ1) is 10.8. The van der Waals surface area contributed by atoms with Crippen LogP contribution in [0.3, 0.4) is 0 Å². The normalized spacial score (nSPS) is 12.0. The predicted octanol–water partition coefficient (Wildman–Crippen LogP) is 2.89. The Morgan fingerprint density at radius 1 is 1.35 bits per heavy atom. The van der Waals surface area contributed by atoms with Gasteiger partial charge in [-0.1, -0.05) is 6.07 Å². The van der Waals surface area contributed by atoms with Crippen LogP contribution in [-0.4, -0.2) is 30.7 Å². The standard InChI is InChI=1S/C13H9F3N4O2S/c14-13(15,16)9-6-7(8-2-1-5-23-8)17-12-18-10(19-20(9)12)3-4-11(21)22/h1-2,5-6H,3-4H2,(H,21,22). The number of nitrogens with zero attached hydrogens (tertiary/aromatic N) is 4. The van der Waals surface area contributed by atoms with Crippen LogP contribution in [0.1, 0.15) is 17.9 Å². The molecule has 0 fully saturated rings. The quantitative estimate of drug-likeness (QED) is 0.788. The van der Waals surface area contributed by atoms with Gasteiger partial charge in [-0.25, -0.2) is 4.98 Å². The number of aliphatic carboxylic acids is 1. The highest BCUT2D eigenvalue weighted by Gasteiger charge is 2.35. The molecule has 0 saturated carbocycles. The molecule has 3 aromatic heterocycles. The zero-order valence-electron chi connectivity index (χ0n) is 11.4. The molecule has 0 atom stereocenters. The number of alkyl halides is 3. The van der Waals surface area contributed by atoms with Crippen molar-refractivity contribution in [1.29, 1.82) is 0 Å². The topological polar surface area (TPSA) is 80.4 Å². The molecule has 0 unspecified atom stereocenters. The third kappa shape index (κ3) is 3.16. The van der Waals surface area contributed by atoms with Gasteiger partial charge >= 0.3 is 12.1 Å². The summed E-state index contributed by atoms with van der Waals surface area (Å²) in [6.45, 7) is 0. The van der Waals surface area contributed by atoms with E-state index in [4.69, 9.17) is 5.11 Å². The van der Waals surface area contributed by atoms with E-state index in [0.717, 1.165) is 6.07 Å². The zero-order chi connectivity index (χ0) is 16.6. The summed E-state index contributed by atoms with van der Waals surface area (Å²) in [5, 5.41) is 14.1. The maximum Gasteiger partial charge on any atom is 0.433 e. The molecule has 0 bridgehead atoms. The number of carboxylic acid groups (broad SMARTS) is 1. The van der Waals surface area contributed by atoms with E-state index in [0.29, 0.717) is 9.39 Å². The molecule has 1 N–H and O–H groups in total. The Balaban J connectivity index is 2.13. The molecule has 23 heavy (non-hydrogen) atoms. The number of halogens is 3. The maximum absolute atomic E-state index is 13.3. The lowest BCUT2D eigenvalue weighted by atomic mass is 10.3. The molecule has 3 rings (SSSR count). The molecule has 0 spiro atoms. The fraction of sp³-hybridized carbons (Fsp3) is 0.231. The van der Waals surface area contributed by atoms with Crippen LogP contribution in [0.25, 0.3) is 16.3 Å². The molecule has 10 heteroatoms. The van der Waals surface area contributed by atoms with Gasteiger partial charge in [0.15, 0.2) is 11.5 Å². The van der Waals surface area contributed by atoms with Gasteiger partial charge < -0.3 is 5.11 Å². The number of hydrogen-bond donors (Lipinski definition) is 1. The highest BCUT2D eigenvalue weighted by molar-refractivity contribution is 7.13.